The number of hydrogen-bond acceptors (Lipinski definition) is 1. The van der Waals surface area contributed by atoms with Crippen molar-refractivity contribution in [2.24, 2.45) is 11.8 Å². The molecular weight excluding hydrogens is 172 g/mol. The Bertz CT molecular complexity index is 167. The fourth-order valence-electron chi connectivity index (χ4n) is 3.03. The average Bonchev–Trinajstić information content (AvgIpc) is 2.49. The highest BCUT2D eigenvalue weighted by molar-refractivity contribution is 4.91. The van der Waals surface area contributed by atoms with Gasteiger partial charge in [-0.25, -0.2) is 0 Å². The first-order valence-corrected chi connectivity index (χ1v) is 6.34. The summed E-state index contributed by atoms with van der Waals surface area (Å²) in [6.07, 6.45) is 8.28. The quantitative estimate of drug-likeness (QED) is 0.713. The molecule has 3 unspecified atom stereocenters. The summed E-state index contributed by atoms with van der Waals surface area (Å²) in [7, 11) is 0. The minimum Gasteiger partial charge on any atom is -0.390 e. The minimum atomic E-state index is -0.317. The Balaban J connectivity index is 2.43. The highest BCUT2D eigenvalue weighted by Crippen LogP contribution is 2.41. The van der Waals surface area contributed by atoms with Crippen LogP contribution in [0.3, 0.4) is 0 Å². The molecule has 0 heterocycles. The van der Waals surface area contributed by atoms with Gasteiger partial charge in [0.1, 0.15) is 0 Å². The maximum absolute atomic E-state index is 10.4. The van der Waals surface area contributed by atoms with Crippen LogP contribution in [0.15, 0.2) is 0 Å². The van der Waals surface area contributed by atoms with Crippen LogP contribution in [0.2, 0.25) is 0 Å². The van der Waals surface area contributed by atoms with Gasteiger partial charge in [-0.15, -0.1) is 0 Å². The molecule has 1 rings (SSSR count). The molecule has 0 bridgehead atoms. The number of hydrogen-bond donors (Lipinski definition) is 1. The van der Waals surface area contributed by atoms with Crippen LogP contribution in [0, 0.1) is 11.8 Å². The molecule has 0 spiro atoms. The topological polar surface area (TPSA) is 20.2 Å². The molecule has 0 saturated heterocycles. The molecule has 84 valence electrons. The predicted molar refractivity (Wildman–Crippen MR) is 61.3 cm³/mol. The molecule has 1 fully saturated rings. The van der Waals surface area contributed by atoms with E-state index in [-0.39, 0.29) is 5.60 Å². The monoisotopic (exact) mass is 198 g/mol. The fourth-order valence-corrected chi connectivity index (χ4v) is 3.03. The number of rotatable bonds is 5. The molecule has 1 aliphatic carbocycles. The summed E-state index contributed by atoms with van der Waals surface area (Å²) < 4.78 is 0. The van der Waals surface area contributed by atoms with Crippen LogP contribution < -0.4 is 0 Å². The van der Waals surface area contributed by atoms with Gasteiger partial charge in [0.05, 0.1) is 5.60 Å². The Kier molecular flexibility index (Phi) is 4.43. The largest absolute Gasteiger partial charge is 0.390 e. The zero-order valence-corrected chi connectivity index (χ0v) is 10.1. The highest BCUT2D eigenvalue weighted by Gasteiger charge is 2.39. The lowest BCUT2D eigenvalue weighted by Gasteiger charge is -2.30. The predicted octanol–water partition coefficient (Wildman–Crippen LogP) is 3.75. The SMILES string of the molecule is CCCC(C)CC1CCCC1(O)CC. The Hall–Kier alpha value is -0.0400. The van der Waals surface area contributed by atoms with E-state index in [2.05, 4.69) is 20.8 Å². The van der Waals surface area contributed by atoms with Crippen LogP contribution in [0.5, 0.6) is 0 Å². The van der Waals surface area contributed by atoms with Crippen LogP contribution in [0.25, 0.3) is 0 Å². The first kappa shape index (κ1) is 12.0. The summed E-state index contributed by atoms with van der Waals surface area (Å²) in [5.74, 6) is 1.37. The maximum atomic E-state index is 10.4. The average molecular weight is 198 g/mol. The molecule has 0 aliphatic heterocycles. The van der Waals surface area contributed by atoms with Crippen molar-refractivity contribution in [2.45, 2.75) is 71.3 Å². The van der Waals surface area contributed by atoms with Gasteiger partial charge in [-0.2, -0.15) is 0 Å². The molecule has 0 radical (unpaired) electrons. The Morgan fingerprint density at radius 2 is 2.14 bits per heavy atom. The Morgan fingerprint density at radius 3 is 2.71 bits per heavy atom. The van der Waals surface area contributed by atoms with Crippen molar-refractivity contribution in [1.29, 1.82) is 0 Å². The summed E-state index contributed by atoms with van der Waals surface area (Å²) in [6.45, 7) is 6.71. The van der Waals surface area contributed by atoms with E-state index < -0.39 is 0 Å². The van der Waals surface area contributed by atoms with Gasteiger partial charge in [0, 0.05) is 0 Å². The van der Waals surface area contributed by atoms with Gasteiger partial charge in [-0.05, 0) is 37.5 Å². The standard InChI is InChI=1S/C13H26O/c1-4-7-11(3)10-12-8-6-9-13(12,14)5-2/h11-12,14H,4-10H2,1-3H3. The third-order valence-electron chi connectivity index (χ3n) is 4.00. The van der Waals surface area contributed by atoms with Crippen molar-refractivity contribution < 1.29 is 5.11 Å². The summed E-state index contributed by atoms with van der Waals surface area (Å²) in [5.41, 5.74) is -0.317. The lowest BCUT2D eigenvalue weighted by molar-refractivity contribution is -0.00953. The molecule has 1 heteroatoms. The van der Waals surface area contributed by atoms with Crippen LogP contribution in [-0.4, -0.2) is 10.7 Å². The van der Waals surface area contributed by atoms with E-state index in [0.717, 1.165) is 18.8 Å². The summed E-state index contributed by atoms with van der Waals surface area (Å²) in [4.78, 5) is 0. The van der Waals surface area contributed by atoms with E-state index >= 15 is 0 Å². The Morgan fingerprint density at radius 1 is 1.43 bits per heavy atom. The highest BCUT2D eigenvalue weighted by atomic mass is 16.3. The Labute approximate surface area is 88.9 Å². The summed E-state index contributed by atoms with van der Waals surface area (Å²) >= 11 is 0. The molecule has 0 aromatic heterocycles. The van der Waals surface area contributed by atoms with Crippen LogP contribution in [0.1, 0.15) is 65.7 Å². The second-order valence-corrected chi connectivity index (χ2v) is 5.18. The second kappa shape index (κ2) is 5.16. The molecule has 0 aromatic carbocycles. The third kappa shape index (κ3) is 2.73. The smallest absolute Gasteiger partial charge is 0.0673 e. The first-order valence-electron chi connectivity index (χ1n) is 6.34. The van der Waals surface area contributed by atoms with Gasteiger partial charge in [0.15, 0.2) is 0 Å². The van der Waals surface area contributed by atoms with Crippen molar-refractivity contribution in [2.75, 3.05) is 0 Å². The minimum absolute atomic E-state index is 0.317. The van der Waals surface area contributed by atoms with Crippen molar-refractivity contribution in [3.8, 4) is 0 Å². The molecule has 1 nitrogen and oxygen atoms in total. The second-order valence-electron chi connectivity index (χ2n) is 5.18. The summed E-state index contributed by atoms with van der Waals surface area (Å²) in [5, 5.41) is 10.4. The molecule has 0 aromatic rings. The van der Waals surface area contributed by atoms with Gasteiger partial charge < -0.3 is 5.11 Å². The van der Waals surface area contributed by atoms with Gasteiger partial charge in [0.25, 0.3) is 0 Å². The van der Waals surface area contributed by atoms with Crippen molar-refractivity contribution in [3.05, 3.63) is 0 Å². The maximum Gasteiger partial charge on any atom is 0.0673 e. The zero-order valence-electron chi connectivity index (χ0n) is 10.1. The zero-order chi connectivity index (χ0) is 10.6. The molecule has 0 amide bonds. The summed E-state index contributed by atoms with van der Waals surface area (Å²) in [6, 6.07) is 0. The van der Waals surface area contributed by atoms with Crippen molar-refractivity contribution >= 4 is 0 Å². The molecule has 14 heavy (non-hydrogen) atoms. The molecular formula is C13H26O. The van der Waals surface area contributed by atoms with Gasteiger partial charge in [0.2, 0.25) is 0 Å². The van der Waals surface area contributed by atoms with E-state index in [4.69, 9.17) is 0 Å². The van der Waals surface area contributed by atoms with Gasteiger partial charge in [-0.1, -0.05) is 40.0 Å². The van der Waals surface area contributed by atoms with E-state index in [1.54, 1.807) is 0 Å². The van der Waals surface area contributed by atoms with E-state index in [0.29, 0.717) is 5.92 Å². The van der Waals surface area contributed by atoms with E-state index in [1.807, 2.05) is 0 Å². The number of aliphatic hydroxyl groups is 1. The normalized spacial score (nSPS) is 34.7. The van der Waals surface area contributed by atoms with Crippen LogP contribution >= 0.6 is 0 Å². The van der Waals surface area contributed by atoms with Gasteiger partial charge >= 0.3 is 0 Å². The van der Waals surface area contributed by atoms with Crippen molar-refractivity contribution in [1.82, 2.24) is 0 Å². The van der Waals surface area contributed by atoms with Crippen LogP contribution in [0.4, 0.5) is 0 Å². The fraction of sp³-hybridized carbons (Fsp3) is 1.00. The molecule has 1 N–H and O–H groups in total. The van der Waals surface area contributed by atoms with E-state index in [9.17, 15) is 5.11 Å². The third-order valence-corrected chi connectivity index (χ3v) is 4.00. The lowest BCUT2D eigenvalue weighted by atomic mass is 9.81. The molecule has 1 aliphatic rings. The lowest BCUT2D eigenvalue weighted by Crippen LogP contribution is -2.33. The molecule has 1 saturated carbocycles. The van der Waals surface area contributed by atoms with E-state index in [1.165, 1.54) is 32.1 Å². The molecule has 3 atom stereocenters. The van der Waals surface area contributed by atoms with Crippen molar-refractivity contribution in [3.63, 3.8) is 0 Å². The van der Waals surface area contributed by atoms with Crippen LogP contribution in [-0.2, 0) is 0 Å². The first-order chi connectivity index (χ1) is 6.62. The van der Waals surface area contributed by atoms with Gasteiger partial charge in [-0.3, -0.25) is 0 Å².